The van der Waals surface area contributed by atoms with Gasteiger partial charge < -0.3 is 5.73 Å². The van der Waals surface area contributed by atoms with Crippen LogP contribution < -0.4 is 5.73 Å². The number of rotatable bonds is 1. The minimum absolute atomic E-state index is 0.353. The predicted molar refractivity (Wildman–Crippen MR) is 79.2 cm³/mol. The Kier molecular flexibility index (Phi) is 3.13. The number of halogens is 3. The van der Waals surface area contributed by atoms with Crippen molar-refractivity contribution in [1.29, 1.82) is 0 Å². The highest BCUT2D eigenvalue weighted by molar-refractivity contribution is 7.21. The minimum atomic E-state index is -4.36. The fourth-order valence-electron chi connectivity index (χ4n) is 2.10. The molecule has 6 heteroatoms. The normalized spacial score (nSPS) is 12.0. The monoisotopic (exact) mass is 308 g/mol. The largest absolute Gasteiger partial charge is 0.416 e. The van der Waals surface area contributed by atoms with E-state index in [2.05, 4.69) is 4.98 Å². The molecule has 0 saturated carbocycles. The molecule has 21 heavy (non-hydrogen) atoms. The molecule has 2 aromatic carbocycles. The van der Waals surface area contributed by atoms with Crippen molar-refractivity contribution in [1.82, 2.24) is 4.98 Å². The van der Waals surface area contributed by atoms with E-state index in [9.17, 15) is 13.2 Å². The average molecular weight is 308 g/mol. The van der Waals surface area contributed by atoms with E-state index in [1.165, 1.54) is 17.4 Å². The molecule has 108 valence electrons. The van der Waals surface area contributed by atoms with Crippen LogP contribution in [0.1, 0.15) is 11.1 Å². The molecule has 0 atom stereocenters. The Bertz CT molecular complexity index is 821. The second-order valence-electron chi connectivity index (χ2n) is 4.72. The van der Waals surface area contributed by atoms with Crippen LogP contribution in [-0.2, 0) is 6.18 Å². The molecule has 1 aromatic heterocycles. The van der Waals surface area contributed by atoms with Gasteiger partial charge in [-0.3, -0.25) is 0 Å². The van der Waals surface area contributed by atoms with Crippen LogP contribution in [0.3, 0.4) is 0 Å². The number of fused-ring (bicyclic) bond motifs is 1. The maximum absolute atomic E-state index is 12.7. The third-order valence-corrected chi connectivity index (χ3v) is 4.39. The van der Waals surface area contributed by atoms with Gasteiger partial charge in [-0.25, -0.2) is 4.98 Å². The zero-order chi connectivity index (χ0) is 15.2. The van der Waals surface area contributed by atoms with E-state index < -0.39 is 11.7 Å². The maximum atomic E-state index is 12.7. The summed E-state index contributed by atoms with van der Waals surface area (Å²) in [5.74, 6) is 0. The van der Waals surface area contributed by atoms with E-state index in [4.69, 9.17) is 5.73 Å². The molecule has 0 saturated heterocycles. The van der Waals surface area contributed by atoms with Crippen LogP contribution >= 0.6 is 11.3 Å². The van der Waals surface area contributed by atoms with Gasteiger partial charge in [-0.15, -0.1) is 11.3 Å². The molecular weight excluding hydrogens is 297 g/mol. The Morgan fingerprint density at radius 1 is 1.14 bits per heavy atom. The number of anilines is 1. The van der Waals surface area contributed by atoms with Gasteiger partial charge in [-0.2, -0.15) is 13.2 Å². The van der Waals surface area contributed by atoms with E-state index in [0.717, 1.165) is 28.0 Å². The molecule has 2 nitrogen and oxygen atoms in total. The summed E-state index contributed by atoms with van der Waals surface area (Å²) in [6, 6.07) is 9.08. The van der Waals surface area contributed by atoms with E-state index in [1.54, 1.807) is 6.07 Å². The Morgan fingerprint density at radius 2 is 1.90 bits per heavy atom. The minimum Gasteiger partial charge on any atom is -0.398 e. The lowest BCUT2D eigenvalue weighted by molar-refractivity contribution is -0.137. The Morgan fingerprint density at radius 3 is 2.62 bits per heavy atom. The molecule has 0 spiro atoms. The standard InChI is InChI=1S/C15H11F3N2S/c1-8-10(3-2-4-11(8)19)14-20-12-7-9(15(16,17)18)5-6-13(12)21-14/h2-7H,19H2,1H3. The summed E-state index contributed by atoms with van der Waals surface area (Å²) in [6.45, 7) is 1.87. The number of nitrogens with zero attached hydrogens (tertiary/aromatic N) is 1. The molecule has 0 aliphatic carbocycles. The fourth-order valence-corrected chi connectivity index (χ4v) is 3.13. The van der Waals surface area contributed by atoms with Crippen LogP contribution in [-0.4, -0.2) is 4.98 Å². The first-order chi connectivity index (χ1) is 9.86. The van der Waals surface area contributed by atoms with Gasteiger partial charge in [0, 0.05) is 11.3 Å². The highest BCUT2D eigenvalue weighted by atomic mass is 32.1. The van der Waals surface area contributed by atoms with E-state index in [0.29, 0.717) is 16.2 Å². The zero-order valence-electron chi connectivity index (χ0n) is 11.0. The van der Waals surface area contributed by atoms with Crippen molar-refractivity contribution in [2.24, 2.45) is 0 Å². The Hall–Kier alpha value is -2.08. The SMILES string of the molecule is Cc1c(N)cccc1-c1nc2cc(C(F)(F)F)ccc2s1. The molecule has 0 radical (unpaired) electrons. The van der Waals surface area contributed by atoms with Crippen molar-refractivity contribution in [3.8, 4) is 10.6 Å². The van der Waals surface area contributed by atoms with Gasteiger partial charge in [0.25, 0.3) is 0 Å². The Balaban J connectivity index is 2.15. The van der Waals surface area contributed by atoms with Crippen molar-refractivity contribution < 1.29 is 13.2 Å². The van der Waals surface area contributed by atoms with Gasteiger partial charge in [0.2, 0.25) is 0 Å². The first-order valence-electron chi connectivity index (χ1n) is 6.19. The van der Waals surface area contributed by atoms with Crippen molar-refractivity contribution in [2.45, 2.75) is 13.1 Å². The lowest BCUT2D eigenvalue weighted by Crippen LogP contribution is -2.03. The van der Waals surface area contributed by atoms with E-state index in [-0.39, 0.29) is 0 Å². The molecule has 3 rings (SSSR count). The topological polar surface area (TPSA) is 38.9 Å². The lowest BCUT2D eigenvalue weighted by atomic mass is 10.1. The molecule has 0 amide bonds. The summed E-state index contributed by atoms with van der Waals surface area (Å²) in [6.07, 6.45) is -4.36. The summed E-state index contributed by atoms with van der Waals surface area (Å²) in [7, 11) is 0. The smallest absolute Gasteiger partial charge is 0.398 e. The summed E-state index contributed by atoms with van der Waals surface area (Å²) in [5, 5.41) is 0.675. The number of alkyl halides is 3. The van der Waals surface area contributed by atoms with Crippen LogP contribution in [0.2, 0.25) is 0 Å². The first kappa shape index (κ1) is 13.9. The predicted octanol–water partition coefficient (Wildman–Crippen LogP) is 4.87. The molecule has 0 bridgehead atoms. The highest BCUT2D eigenvalue weighted by Gasteiger charge is 2.30. The van der Waals surface area contributed by atoms with Crippen molar-refractivity contribution >= 4 is 27.2 Å². The van der Waals surface area contributed by atoms with Crippen LogP contribution in [0, 0.1) is 6.92 Å². The molecule has 0 aliphatic rings. The average Bonchev–Trinajstić information content (AvgIpc) is 2.83. The number of benzene rings is 2. The summed E-state index contributed by atoms with van der Waals surface area (Å²) in [4.78, 5) is 4.32. The van der Waals surface area contributed by atoms with Gasteiger partial charge in [-0.1, -0.05) is 12.1 Å². The second kappa shape index (κ2) is 4.73. The molecule has 1 heterocycles. The molecule has 0 fully saturated rings. The van der Waals surface area contributed by atoms with Crippen LogP contribution in [0.25, 0.3) is 20.8 Å². The Labute approximate surface area is 123 Å². The van der Waals surface area contributed by atoms with Gasteiger partial charge in [0.1, 0.15) is 5.01 Å². The van der Waals surface area contributed by atoms with Crippen molar-refractivity contribution in [3.63, 3.8) is 0 Å². The number of hydrogen-bond donors (Lipinski definition) is 1. The van der Waals surface area contributed by atoms with E-state index >= 15 is 0 Å². The lowest BCUT2D eigenvalue weighted by Gasteiger charge is -2.05. The number of thiazole rings is 1. The molecule has 2 N–H and O–H groups in total. The van der Waals surface area contributed by atoms with Gasteiger partial charge >= 0.3 is 6.18 Å². The highest BCUT2D eigenvalue weighted by Crippen LogP contribution is 2.36. The molecule has 3 aromatic rings. The number of hydrogen-bond acceptors (Lipinski definition) is 3. The number of nitrogens with two attached hydrogens (primary N) is 1. The molecule has 0 unspecified atom stereocenters. The summed E-state index contributed by atoms with van der Waals surface area (Å²) in [5.41, 5.74) is 7.91. The summed E-state index contributed by atoms with van der Waals surface area (Å²) >= 11 is 1.36. The summed E-state index contributed by atoms with van der Waals surface area (Å²) < 4.78 is 38.9. The second-order valence-corrected chi connectivity index (χ2v) is 5.75. The van der Waals surface area contributed by atoms with Gasteiger partial charge in [0.15, 0.2) is 0 Å². The fraction of sp³-hybridized carbons (Fsp3) is 0.133. The number of nitrogen functional groups attached to an aromatic ring is 1. The van der Waals surface area contributed by atoms with Crippen LogP contribution in [0.15, 0.2) is 36.4 Å². The maximum Gasteiger partial charge on any atom is 0.416 e. The van der Waals surface area contributed by atoms with Crippen molar-refractivity contribution in [2.75, 3.05) is 5.73 Å². The third kappa shape index (κ3) is 2.47. The quantitative estimate of drug-likeness (QED) is 0.651. The van der Waals surface area contributed by atoms with Crippen LogP contribution in [0.4, 0.5) is 18.9 Å². The van der Waals surface area contributed by atoms with E-state index in [1.807, 2.05) is 19.1 Å². The third-order valence-electron chi connectivity index (χ3n) is 3.32. The molecule has 0 aliphatic heterocycles. The molecular formula is C15H11F3N2S. The van der Waals surface area contributed by atoms with Gasteiger partial charge in [-0.05, 0) is 36.8 Å². The van der Waals surface area contributed by atoms with Crippen LogP contribution in [0.5, 0.6) is 0 Å². The first-order valence-corrected chi connectivity index (χ1v) is 7.01. The van der Waals surface area contributed by atoms with Gasteiger partial charge in [0.05, 0.1) is 15.8 Å². The zero-order valence-corrected chi connectivity index (χ0v) is 11.8. The van der Waals surface area contributed by atoms with Crippen molar-refractivity contribution in [3.05, 3.63) is 47.5 Å². The number of aromatic nitrogens is 1.